The number of oxime groups is 1. The summed E-state index contributed by atoms with van der Waals surface area (Å²) >= 11 is 0. The van der Waals surface area contributed by atoms with Crippen molar-refractivity contribution in [3.05, 3.63) is 22.3 Å². The van der Waals surface area contributed by atoms with Gasteiger partial charge in [-0.2, -0.15) is 0 Å². The first-order valence-corrected chi connectivity index (χ1v) is 8.79. The van der Waals surface area contributed by atoms with E-state index in [9.17, 15) is 4.79 Å². The molecule has 25 heavy (non-hydrogen) atoms. The third-order valence-electron chi connectivity index (χ3n) is 4.83. The summed E-state index contributed by atoms with van der Waals surface area (Å²) in [4.78, 5) is 19.5. The molecule has 0 saturated carbocycles. The molecule has 0 spiro atoms. The summed E-state index contributed by atoms with van der Waals surface area (Å²) in [5.74, 6) is -0.453. The van der Waals surface area contributed by atoms with Crippen molar-refractivity contribution in [1.82, 2.24) is 4.90 Å². The van der Waals surface area contributed by atoms with Crippen LogP contribution in [-0.2, 0) is 19.1 Å². The van der Waals surface area contributed by atoms with Crippen molar-refractivity contribution in [1.29, 1.82) is 0 Å². The summed E-state index contributed by atoms with van der Waals surface area (Å²) in [6.07, 6.45) is 1.97. The summed E-state index contributed by atoms with van der Waals surface area (Å²) in [5, 5.41) is 3.97. The van der Waals surface area contributed by atoms with Gasteiger partial charge in [-0.25, -0.2) is 4.79 Å². The van der Waals surface area contributed by atoms with Crippen LogP contribution in [0.25, 0.3) is 0 Å². The Morgan fingerprint density at radius 1 is 1.16 bits per heavy atom. The highest BCUT2D eigenvalue weighted by molar-refractivity contribution is 6.43. The van der Waals surface area contributed by atoms with Crippen LogP contribution < -0.4 is 0 Å². The van der Waals surface area contributed by atoms with E-state index in [-0.39, 0.29) is 17.9 Å². The normalized spacial score (nSPS) is 26.1. The van der Waals surface area contributed by atoms with E-state index < -0.39 is 5.97 Å². The number of esters is 1. The summed E-state index contributed by atoms with van der Waals surface area (Å²) in [6, 6.07) is 0. The molecule has 1 aliphatic heterocycles. The zero-order valence-electron chi connectivity index (χ0n) is 16.2. The number of rotatable bonds is 5. The lowest BCUT2D eigenvalue weighted by Gasteiger charge is -2.37. The van der Waals surface area contributed by atoms with Crippen molar-refractivity contribution in [2.75, 3.05) is 33.9 Å². The molecule has 6 nitrogen and oxygen atoms in total. The van der Waals surface area contributed by atoms with Gasteiger partial charge in [0.2, 0.25) is 0 Å². The average molecular weight is 350 g/mol. The van der Waals surface area contributed by atoms with Crippen molar-refractivity contribution in [2.45, 2.75) is 52.7 Å². The second-order valence-corrected chi connectivity index (χ2v) is 7.06. The summed E-state index contributed by atoms with van der Waals surface area (Å²) in [6.45, 7) is 11.0. The topological polar surface area (TPSA) is 60.4 Å². The summed E-state index contributed by atoms with van der Waals surface area (Å²) in [5.41, 5.74) is 5.06. The molecule has 2 unspecified atom stereocenters. The fourth-order valence-corrected chi connectivity index (χ4v) is 3.61. The Morgan fingerprint density at radius 2 is 1.76 bits per heavy atom. The van der Waals surface area contributed by atoms with Gasteiger partial charge in [-0.15, -0.1) is 0 Å². The molecule has 0 radical (unpaired) electrons. The van der Waals surface area contributed by atoms with Gasteiger partial charge in [0.25, 0.3) is 0 Å². The maximum atomic E-state index is 12.2. The second kappa shape index (κ2) is 8.63. The van der Waals surface area contributed by atoms with Gasteiger partial charge in [0.15, 0.2) is 5.71 Å². The predicted molar refractivity (Wildman–Crippen MR) is 97.5 cm³/mol. The summed E-state index contributed by atoms with van der Waals surface area (Å²) in [7, 11) is 2.82. The van der Waals surface area contributed by atoms with Gasteiger partial charge < -0.3 is 14.3 Å². The van der Waals surface area contributed by atoms with Crippen LogP contribution in [-0.4, -0.2) is 62.6 Å². The molecule has 0 bridgehead atoms. The van der Waals surface area contributed by atoms with E-state index in [1.807, 2.05) is 0 Å². The minimum Gasteiger partial charge on any atom is -0.464 e. The van der Waals surface area contributed by atoms with Crippen LogP contribution in [0.4, 0.5) is 0 Å². The molecular weight excluding hydrogens is 320 g/mol. The molecule has 0 aromatic rings. The molecule has 2 aliphatic rings. The van der Waals surface area contributed by atoms with Gasteiger partial charge in [0, 0.05) is 19.6 Å². The van der Waals surface area contributed by atoms with Crippen molar-refractivity contribution in [2.24, 2.45) is 5.16 Å². The lowest BCUT2D eigenvalue weighted by atomic mass is 9.84. The Morgan fingerprint density at radius 3 is 2.32 bits per heavy atom. The van der Waals surface area contributed by atoms with Crippen LogP contribution in [0.1, 0.15) is 40.5 Å². The first kappa shape index (κ1) is 19.7. The Balaban J connectivity index is 2.33. The molecule has 2 rings (SSSR count). The molecule has 6 heteroatoms. The quantitative estimate of drug-likeness (QED) is 0.330. The van der Waals surface area contributed by atoms with Gasteiger partial charge in [0.05, 0.1) is 19.3 Å². The zero-order chi connectivity index (χ0) is 18.6. The van der Waals surface area contributed by atoms with E-state index >= 15 is 0 Å². The van der Waals surface area contributed by atoms with Crippen LogP contribution in [0.3, 0.4) is 0 Å². The lowest BCUT2D eigenvalue weighted by molar-refractivity contribution is -0.132. The number of allylic oxidation sites excluding steroid dienone is 2. The number of methoxy groups -OCH3 is 1. The SMILES string of the molecule is CON=C(C(=O)OC)C1=C(CN2CC(C)OC(C)C2)CC(C)=C(C)C1. The van der Waals surface area contributed by atoms with Gasteiger partial charge in [-0.3, -0.25) is 4.90 Å². The van der Waals surface area contributed by atoms with Crippen molar-refractivity contribution >= 4 is 11.7 Å². The number of hydrogen-bond acceptors (Lipinski definition) is 6. The molecular formula is C19H30N2O4. The molecule has 0 N–H and O–H groups in total. The average Bonchev–Trinajstić information content (AvgIpc) is 2.54. The smallest absolute Gasteiger partial charge is 0.360 e. The van der Waals surface area contributed by atoms with Gasteiger partial charge in [0.1, 0.15) is 7.11 Å². The standard InChI is InChI=1S/C19H30N2O4/c1-12-7-16(11-21-9-14(3)25-15(4)10-21)17(8-13(12)2)18(20-24-6)19(22)23-5/h14-15H,7-11H2,1-6H3. The van der Waals surface area contributed by atoms with E-state index in [0.717, 1.165) is 31.6 Å². The maximum Gasteiger partial charge on any atom is 0.360 e. The minimum atomic E-state index is -0.453. The molecule has 1 fully saturated rings. The number of carbonyl (C=O) groups excluding carboxylic acids is 1. The number of carbonyl (C=O) groups is 1. The van der Waals surface area contributed by atoms with Crippen LogP contribution in [0, 0.1) is 0 Å². The number of ether oxygens (including phenoxy) is 2. The summed E-state index contributed by atoms with van der Waals surface area (Å²) < 4.78 is 10.7. The highest BCUT2D eigenvalue weighted by atomic mass is 16.6. The van der Waals surface area contributed by atoms with Crippen LogP contribution >= 0.6 is 0 Å². The fraction of sp³-hybridized carbons (Fsp3) is 0.684. The zero-order valence-corrected chi connectivity index (χ0v) is 16.2. The molecule has 0 aromatic carbocycles. The molecule has 1 aliphatic carbocycles. The largest absolute Gasteiger partial charge is 0.464 e. The first-order valence-electron chi connectivity index (χ1n) is 8.79. The molecule has 0 amide bonds. The highest BCUT2D eigenvalue weighted by Crippen LogP contribution is 2.32. The van der Waals surface area contributed by atoms with Crippen LogP contribution in [0.5, 0.6) is 0 Å². The monoisotopic (exact) mass is 350 g/mol. The van der Waals surface area contributed by atoms with E-state index in [2.05, 4.69) is 37.8 Å². The molecule has 0 aromatic heterocycles. The lowest BCUT2D eigenvalue weighted by Crippen LogP contribution is -2.46. The molecule has 2 atom stereocenters. The van der Waals surface area contributed by atoms with Crippen molar-refractivity contribution < 1.29 is 19.1 Å². The Bertz CT molecular complexity index is 597. The van der Waals surface area contributed by atoms with Crippen LogP contribution in [0.2, 0.25) is 0 Å². The van der Waals surface area contributed by atoms with Crippen molar-refractivity contribution in [3.8, 4) is 0 Å². The third-order valence-corrected chi connectivity index (χ3v) is 4.83. The maximum absolute atomic E-state index is 12.2. The van der Waals surface area contributed by atoms with Crippen LogP contribution in [0.15, 0.2) is 27.4 Å². The minimum absolute atomic E-state index is 0.211. The molecule has 1 saturated heterocycles. The molecule has 1 heterocycles. The van der Waals surface area contributed by atoms with Gasteiger partial charge in [-0.05, 0) is 51.7 Å². The fourth-order valence-electron chi connectivity index (χ4n) is 3.61. The van der Waals surface area contributed by atoms with E-state index in [0.29, 0.717) is 6.42 Å². The van der Waals surface area contributed by atoms with E-state index in [1.54, 1.807) is 0 Å². The number of morpholine rings is 1. The first-order chi connectivity index (χ1) is 11.8. The number of hydrogen-bond donors (Lipinski definition) is 0. The Hall–Kier alpha value is -1.66. The Labute approximate surface area is 150 Å². The molecule has 140 valence electrons. The van der Waals surface area contributed by atoms with E-state index in [4.69, 9.17) is 14.3 Å². The number of nitrogens with zero attached hydrogens (tertiary/aromatic N) is 2. The third kappa shape index (κ3) is 4.92. The second-order valence-electron chi connectivity index (χ2n) is 7.06. The predicted octanol–water partition coefficient (Wildman–Crippen LogP) is 2.70. The van der Waals surface area contributed by atoms with Crippen molar-refractivity contribution in [3.63, 3.8) is 0 Å². The van der Waals surface area contributed by atoms with Gasteiger partial charge in [-0.1, -0.05) is 16.3 Å². The van der Waals surface area contributed by atoms with Gasteiger partial charge >= 0.3 is 5.97 Å². The highest BCUT2D eigenvalue weighted by Gasteiger charge is 2.29. The Kier molecular flexibility index (Phi) is 6.79. The van der Waals surface area contributed by atoms with E-state index in [1.165, 1.54) is 30.9 Å².